The molecule has 72 valence electrons. The fraction of sp³-hybridized carbons (Fsp3) is 0.833. The maximum absolute atomic E-state index is 11.6. The highest BCUT2D eigenvalue weighted by molar-refractivity contribution is 5.77. The van der Waals surface area contributed by atoms with E-state index in [1.165, 1.54) is 7.05 Å². The molecule has 0 aromatic heterocycles. The summed E-state index contributed by atoms with van der Waals surface area (Å²) in [5.41, 5.74) is 5.18. The van der Waals surface area contributed by atoms with Crippen molar-refractivity contribution in [2.45, 2.75) is 19.0 Å². The van der Waals surface area contributed by atoms with Crippen LogP contribution < -0.4 is 11.1 Å². The minimum Gasteiger partial charge on any atom is -0.370 e. The summed E-state index contributed by atoms with van der Waals surface area (Å²) in [5.74, 6) is 0.164. The lowest BCUT2D eigenvalue weighted by Crippen LogP contribution is -2.32. The van der Waals surface area contributed by atoms with Crippen LogP contribution in [0.2, 0.25) is 0 Å². The highest BCUT2D eigenvalue weighted by Gasteiger charge is 2.25. The first kappa shape index (κ1) is 11.1. The molecule has 0 amide bonds. The predicted octanol–water partition coefficient (Wildman–Crippen LogP) is 0.863. The van der Waals surface area contributed by atoms with Gasteiger partial charge in [-0.2, -0.15) is 13.2 Å². The summed E-state index contributed by atoms with van der Waals surface area (Å²) in [7, 11) is 1.46. The lowest BCUT2D eigenvalue weighted by Gasteiger charge is -2.06. The second kappa shape index (κ2) is 4.84. The van der Waals surface area contributed by atoms with Crippen molar-refractivity contribution in [1.29, 1.82) is 0 Å². The number of hydrogen-bond donors (Lipinski definition) is 2. The Morgan fingerprint density at radius 2 is 2.08 bits per heavy atom. The van der Waals surface area contributed by atoms with Gasteiger partial charge in [0.05, 0.1) is 0 Å². The average Bonchev–Trinajstić information content (AvgIpc) is 1.96. The Labute approximate surface area is 68.8 Å². The third-order valence-electron chi connectivity index (χ3n) is 1.18. The monoisotopic (exact) mass is 183 g/mol. The normalized spacial score (nSPS) is 13.2. The molecule has 0 heterocycles. The van der Waals surface area contributed by atoms with Crippen molar-refractivity contribution >= 4 is 5.96 Å². The van der Waals surface area contributed by atoms with Crippen LogP contribution in [0, 0.1) is 0 Å². The number of hydrogen-bond acceptors (Lipinski definition) is 1. The highest BCUT2D eigenvalue weighted by atomic mass is 19.4. The van der Waals surface area contributed by atoms with Gasteiger partial charge in [0.1, 0.15) is 0 Å². The number of nitrogens with two attached hydrogens (primary N) is 1. The number of aliphatic imine (C=N–C) groups is 1. The fourth-order valence-electron chi connectivity index (χ4n) is 0.584. The Bertz CT molecular complexity index is 153. The molecule has 0 aromatic carbocycles. The van der Waals surface area contributed by atoms with Crippen molar-refractivity contribution in [2.75, 3.05) is 13.6 Å². The Morgan fingerprint density at radius 1 is 1.50 bits per heavy atom. The van der Waals surface area contributed by atoms with E-state index >= 15 is 0 Å². The first-order valence-corrected chi connectivity index (χ1v) is 3.48. The number of nitrogens with one attached hydrogen (secondary N) is 1. The molecule has 0 spiro atoms. The molecule has 0 unspecified atom stereocenters. The molecule has 0 aromatic rings. The van der Waals surface area contributed by atoms with Gasteiger partial charge in [0, 0.05) is 20.0 Å². The topological polar surface area (TPSA) is 50.4 Å². The average molecular weight is 183 g/mol. The fourth-order valence-corrected chi connectivity index (χ4v) is 0.584. The molecular weight excluding hydrogens is 171 g/mol. The second-order valence-corrected chi connectivity index (χ2v) is 2.25. The number of halogens is 3. The predicted molar refractivity (Wildman–Crippen MR) is 40.8 cm³/mol. The molecule has 0 aliphatic carbocycles. The largest absolute Gasteiger partial charge is 0.389 e. The van der Waals surface area contributed by atoms with Crippen LogP contribution in [0.4, 0.5) is 13.2 Å². The molecule has 0 fully saturated rings. The van der Waals surface area contributed by atoms with E-state index in [1.54, 1.807) is 0 Å². The molecule has 0 radical (unpaired) electrons. The van der Waals surface area contributed by atoms with E-state index in [9.17, 15) is 13.2 Å². The lowest BCUT2D eigenvalue weighted by molar-refractivity contribution is -0.135. The number of rotatable bonds is 3. The van der Waals surface area contributed by atoms with Gasteiger partial charge in [-0.05, 0) is 6.42 Å². The summed E-state index contributed by atoms with van der Waals surface area (Å²) >= 11 is 0. The van der Waals surface area contributed by atoms with Gasteiger partial charge >= 0.3 is 6.18 Å². The Hall–Kier alpha value is -0.940. The van der Waals surface area contributed by atoms with Gasteiger partial charge < -0.3 is 11.1 Å². The molecule has 0 bridgehead atoms. The number of alkyl halides is 3. The van der Waals surface area contributed by atoms with Gasteiger partial charge in [0.25, 0.3) is 0 Å². The summed E-state index contributed by atoms with van der Waals surface area (Å²) in [6.45, 7) is 0.197. The van der Waals surface area contributed by atoms with E-state index in [4.69, 9.17) is 5.73 Å². The SMILES string of the molecule is CN=C(N)NCCCC(F)(F)F. The summed E-state index contributed by atoms with van der Waals surface area (Å²) < 4.78 is 34.7. The molecule has 0 saturated carbocycles. The quantitative estimate of drug-likeness (QED) is 0.387. The van der Waals surface area contributed by atoms with Crippen LogP contribution in [0.15, 0.2) is 4.99 Å². The molecule has 0 atom stereocenters. The van der Waals surface area contributed by atoms with Crippen LogP contribution in [0.25, 0.3) is 0 Å². The maximum Gasteiger partial charge on any atom is 0.389 e. The summed E-state index contributed by atoms with van der Waals surface area (Å²) in [6, 6.07) is 0. The zero-order chi connectivity index (χ0) is 9.61. The van der Waals surface area contributed by atoms with Crippen molar-refractivity contribution in [2.24, 2.45) is 10.7 Å². The summed E-state index contributed by atoms with van der Waals surface area (Å²) in [4.78, 5) is 3.52. The van der Waals surface area contributed by atoms with Crippen molar-refractivity contribution < 1.29 is 13.2 Å². The van der Waals surface area contributed by atoms with Gasteiger partial charge in [0.15, 0.2) is 5.96 Å². The van der Waals surface area contributed by atoms with Crippen LogP contribution in [-0.2, 0) is 0 Å². The molecule has 0 aliphatic rings. The van der Waals surface area contributed by atoms with E-state index in [1.807, 2.05) is 0 Å². The van der Waals surface area contributed by atoms with Gasteiger partial charge in [-0.3, -0.25) is 4.99 Å². The van der Waals surface area contributed by atoms with Crippen LogP contribution >= 0.6 is 0 Å². The maximum atomic E-state index is 11.6. The van der Waals surface area contributed by atoms with E-state index in [2.05, 4.69) is 10.3 Å². The molecular formula is C6H12F3N3. The van der Waals surface area contributed by atoms with Gasteiger partial charge in [-0.25, -0.2) is 0 Å². The van der Waals surface area contributed by atoms with Gasteiger partial charge in [-0.15, -0.1) is 0 Å². The molecule has 0 aliphatic heterocycles. The van der Waals surface area contributed by atoms with E-state index in [0.29, 0.717) is 0 Å². The first-order chi connectivity index (χ1) is 5.45. The smallest absolute Gasteiger partial charge is 0.370 e. The summed E-state index contributed by atoms with van der Waals surface area (Å²) in [6.07, 6.45) is -4.86. The van der Waals surface area contributed by atoms with Crippen LogP contribution in [0.5, 0.6) is 0 Å². The van der Waals surface area contributed by atoms with Gasteiger partial charge in [0.2, 0.25) is 0 Å². The van der Waals surface area contributed by atoms with Crippen LogP contribution in [0.1, 0.15) is 12.8 Å². The van der Waals surface area contributed by atoms with E-state index < -0.39 is 12.6 Å². The standard InChI is InChI=1S/C6H12F3N3/c1-11-5(10)12-4-2-3-6(7,8)9/h2-4H2,1H3,(H3,10,11,12). The Kier molecular flexibility index (Phi) is 4.46. The minimum absolute atomic E-state index is 0.0136. The summed E-state index contributed by atoms with van der Waals surface area (Å²) in [5, 5.41) is 2.53. The van der Waals surface area contributed by atoms with Gasteiger partial charge in [-0.1, -0.05) is 0 Å². The number of nitrogens with zero attached hydrogens (tertiary/aromatic N) is 1. The molecule has 0 rings (SSSR count). The molecule has 3 N–H and O–H groups in total. The highest BCUT2D eigenvalue weighted by Crippen LogP contribution is 2.20. The third kappa shape index (κ3) is 7.17. The minimum atomic E-state index is -4.08. The van der Waals surface area contributed by atoms with E-state index in [-0.39, 0.29) is 18.9 Å². The number of guanidine groups is 1. The molecule has 6 heteroatoms. The van der Waals surface area contributed by atoms with Crippen molar-refractivity contribution in [3.05, 3.63) is 0 Å². The Morgan fingerprint density at radius 3 is 2.50 bits per heavy atom. The van der Waals surface area contributed by atoms with E-state index in [0.717, 1.165) is 0 Å². The lowest BCUT2D eigenvalue weighted by atomic mass is 10.3. The Balaban J connectivity index is 3.34. The van der Waals surface area contributed by atoms with Crippen LogP contribution in [0.3, 0.4) is 0 Å². The van der Waals surface area contributed by atoms with Crippen molar-refractivity contribution in [3.63, 3.8) is 0 Å². The zero-order valence-corrected chi connectivity index (χ0v) is 6.78. The third-order valence-corrected chi connectivity index (χ3v) is 1.18. The first-order valence-electron chi connectivity index (χ1n) is 3.48. The second-order valence-electron chi connectivity index (χ2n) is 2.25. The van der Waals surface area contributed by atoms with Crippen molar-refractivity contribution in [3.8, 4) is 0 Å². The van der Waals surface area contributed by atoms with Crippen molar-refractivity contribution in [1.82, 2.24) is 5.32 Å². The van der Waals surface area contributed by atoms with Crippen LogP contribution in [-0.4, -0.2) is 25.7 Å². The molecule has 0 saturated heterocycles. The molecule has 3 nitrogen and oxygen atoms in total. The zero-order valence-electron chi connectivity index (χ0n) is 6.78. The molecule has 12 heavy (non-hydrogen) atoms.